The van der Waals surface area contributed by atoms with E-state index in [4.69, 9.17) is 29.0 Å². The monoisotopic (exact) mass is 353 g/mol. The Bertz CT molecular complexity index is 693. The summed E-state index contributed by atoms with van der Waals surface area (Å²) in [5.41, 5.74) is 3.63. The van der Waals surface area contributed by atoms with Crippen LogP contribution in [0, 0.1) is 0 Å². The van der Waals surface area contributed by atoms with Gasteiger partial charge < -0.3 is 4.90 Å². The fourth-order valence-electron chi connectivity index (χ4n) is 2.99. The van der Waals surface area contributed by atoms with Crippen LogP contribution in [-0.2, 0) is 6.54 Å². The van der Waals surface area contributed by atoms with E-state index in [1.54, 1.807) is 0 Å². The molecule has 3 N–H and O–H groups in total. The van der Waals surface area contributed by atoms with Gasteiger partial charge in [-0.25, -0.2) is 0 Å². The zero-order valence-corrected chi connectivity index (χ0v) is 14.5. The van der Waals surface area contributed by atoms with Crippen LogP contribution < -0.4 is 10.7 Å². The fourth-order valence-corrected chi connectivity index (χ4v) is 4.04. The second-order valence-corrected chi connectivity index (χ2v) is 7.25. The van der Waals surface area contributed by atoms with Crippen molar-refractivity contribution in [2.24, 2.45) is 5.84 Å². The molecule has 22 heavy (non-hydrogen) atoms. The highest BCUT2D eigenvalue weighted by atomic mass is 35.5. The molecule has 2 aromatic carbocycles. The van der Waals surface area contributed by atoms with Gasteiger partial charge in [0.25, 0.3) is 0 Å². The zero-order chi connectivity index (χ0) is 15.7. The van der Waals surface area contributed by atoms with Crippen LogP contribution in [0.3, 0.4) is 0 Å². The predicted octanol–water partition coefficient (Wildman–Crippen LogP) is 4.04. The van der Waals surface area contributed by atoms with Crippen LogP contribution in [0.25, 0.3) is 0 Å². The SMILES string of the molecule is CN1Cc2c(Cl)cc(Cl)cc2C(c2cccc(SNN)c2)C1. The molecule has 0 amide bonds. The molecule has 0 saturated heterocycles. The van der Waals surface area contributed by atoms with E-state index in [1.165, 1.54) is 28.6 Å². The third kappa shape index (κ3) is 3.27. The lowest BCUT2D eigenvalue weighted by Crippen LogP contribution is -2.31. The molecule has 116 valence electrons. The predicted molar refractivity (Wildman–Crippen MR) is 94.3 cm³/mol. The number of likely N-dealkylation sites (N-methyl/N-ethyl adjacent to an activating group) is 1. The second kappa shape index (κ2) is 6.79. The molecule has 0 spiro atoms. The molecule has 1 aliphatic heterocycles. The van der Waals surface area contributed by atoms with Gasteiger partial charge in [-0.15, -0.1) is 0 Å². The molecule has 1 unspecified atom stereocenters. The maximum Gasteiger partial charge on any atom is 0.0468 e. The Hall–Kier alpha value is -0.750. The van der Waals surface area contributed by atoms with Gasteiger partial charge >= 0.3 is 0 Å². The summed E-state index contributed by atoms with van der Waals surface area (Å²) in [4.78, 5) is 6.00. The molecule has 0 aromatic heterocycles. The first kappa shape index (κ1) is 16.1. The maximum atomic E-state index is 6.40. The van der Waals surface area contributed by atoms with Gasteiger partial charge in [0.05, 0.1) is 0 Å². The average Bonchev–Trinajstić information content (AvgIpc) is 2.48. The number of nitrogens with zero attached hydrogens (tertiary/aromatic N) is 1. The van der Waals surface area contributed by atoms with Crippen molar-refractivity contribution in [2.75, 3.05) is 13.6 Å². The smallest absolute Gasteiger partial charge is 0.0468 e. The molecule has 0 fully saturated rings. The minimum Gasteiger partial charge on any atom is -0.301 e. The highest BCUT2D eigenvalue weighted by Gasteiger charge is 2.27. The Morgan fingerprint density at radius 3 is 2.86 bits per heavy atom. The van der Waals surface area contributed by atoms with Crippen LogP contribution in [0.1, 0.15) is 22.6 Å². The molecular formula is C16H17Cl2N3S. The third-order valence-corrected chi connectivity index (χ3v) is 5.09. The lowest BCUT2D eigenvalue weighted by molar-refractivity contribution is 0.295. The number of fused-ring (bicyclic) bond motifs is 1. The van der Waals surface area contributed by atoms with Gasteiger partial charge in [-0.3, -0.25) is 5.84 Å². The first-order valence-electron chi connectivity index (χ1n) is 6.97. The van der Waals surface area contributed by atoms with Crippen LogP contribution in [-0.4, -0.2) is 18.5 Å². The Kier molecular flexibility index (Phi) is 4.97. The van der Waals surface area contributed by atoms with E-state index in [0.717, 1.165) is 23.0 Å². The van der Waals surface area contributed by atoms with E-state index in [2.05, 4.69) is 35.0 Å². The normalized spacial score (nSPS) is 18.3. The lowest BCUT2D eigenvalue weighted by Gasteiger charge is -2.33. The van der Waals surface area contributed by atoms with Crippen molar-refractivity contribution in [3.05, 3.63) is 63.1 Å². The molecule has 0 saturated carbocycles. The number of hydrogen-bond donors (Lipinski definition) is 2. The van der Waals surface area contributed by atoms with Crippen LogP contribution in [0.2, 0.25) is 10.0 Å². The van der Waals surface area contributed by atoms with Gasteiger partial charge in [0, 0.05) is 33.9 Å². The van der Waals surface area contributed by atoms with Crippen molar-refractivity contribution in [3.8, 4) is 0 Å². The quantitative estimate of drug-likeness (QED) is 0.496. The summed E-state index contributed by atoms with van der Waals surface area (Å²) in [7, 11) is 2.11. The van der Waals surface area contributed by atoms with Crippen LogP contribution >= 0.6 is 35.1 Å². The largest absolute Gasteiger partial charge is 0.301 e. The van der Waals surface area contributed by atoms with Crippen LogP contribution in [0.4, 0.5) is 0 Å². The van der Waals surface area contributed by atoms with E-state index in [0.29, 0.717) is 5.02 Å². The average molecular weight is 354 g/mol. The Morgan fingerprint density at radius 2 is 2.09 bits per heavy atom. The molecule has 0 aliphatic carbocycles. The van der Waals surface area contributed by atoms with Gasteiger partial charge in [0.1, 0.15) is 0 Å². The maximum absolute atomic E-state index is 6.40. The van der Waals surface area contributed by atoms with E-state index < -0.39 is 0 Å². The summed E-state index contributed by atoms with van der Waals surface area (Å²) in [6.45, 7) is 1.79. The first-order valence-corrected chi connectivity index (χ1v) is 8.54. The Balaban J connectivity index is 2.07. The van der Waals surface area contributed by atoms with Gasteiger partial charge in [-0.2, -0.15) is 4.83 Å². The summed E-state index contributed by atoms with van der Waals surface area (Å²) >= 11 is 14.0. The number of nitrogens with one attached hydrogen (secondary N) is 1. The first-order chi connectivity index (χ1) is 10.6. The zero-order valence-electron chi connectivity index (χ0n) is 12.1. The highest BCUT2D eigenvalue weighted by Crippen LogP contribution is 2.38. The van der Waals surface area contributed by atoms with Gasteiger partial charge in [0.15, 0.2) is 0 Å². The molecule has 0 bridgehead atoms. The van der Waals surface area contributed by atoms with Crippen LogP contribution in [0.15, 0.2) is 41.3 Å². The molecular weight excluding hydrogens is 337 g/mol. The lowest BCUT2D eigenvalue weighted by atomic mass is 9.85. The molecule has 1 aliphatic rings. The summed E-state index contributed by atoms with van der Waals surface area (Å²) in [5, 5.41) is 1.43. The number of hydrogen-bond acceptors (Lipinski definition) is 4. The van der Waals surface area contributed by atoms with E-state index in [-0.39, 0.29) is 5.92 Å². The Labute approximate surface area is 144 Å². The summed E-state index contributed by atoms with van der Waals surface area (Å²) < 4.78 is 0. The molecule has 0 radical (unpaired) electrons. The number of hydrazine groups is 1. The standard InChI is InChI=1S/C16H17Cl2N3S/c1-21-8-14(10-3-2-4-12(5-10)22-20-19)13-6-11(17)7-16(18)15(13)9-21/h2-7,14,20H,8-9,19H2,1H3. The van der Waals surface area contributed by atoms with E-state index >= 15 is 0 Å². The third-order valence-electron chi connectivity index (χ3n) is 3.93. The van der Waals surface area contributed by atoms with Gasteiger partial charge in [0.2, 0.25) is 0 Å². The van der Waals surface area contributed by atoms with Crippen molar-refractivity contribution >= 4 is 35.1 Å². The van der Waals surface area contributed by atoms with Gasteiger partial charge in [-0.05, 0) is 60.0 Å². The number of halogens is 2. The molecule has 6 heteroatoms. The molecule has 1 heterocycles. The summed E-state index contributed by atoms with van der Waals surface area (Å²) in [6.07, 6.45) is 0. The van der Waals surface area contributed by atoms with Crippen molar-refractivity contribution in [1.29, 1.82) is 0 Å². The van der Waals surface area contributed by atoms with E-state index in [9.17, 15) is 0 Å². The molecule has 1 atom stereocenters. The van der Waals surface area contributed by atoms with Crippen molar-refractivity contribution in [2.45, 2.75) is 17.4 Å². The number of benzene rings is 2. The number of rotatable bonds is 3. The van der Waals surface area contributed by atoms with E-state index in [1.807, 2.05) is 18.2 Å². The molecule has 2 aromatic rings. The second-order valence-electron chi connectivity index (χ2n) is 5.50. The summed E-state index contributed by atoms with van der Waals surface area (Å²) in [5.74, 6) is 5.65. The fraction of sp³-hybridized carbons (Fsp3) is 0.250. The topological polar surface area (TPSA) is 41.3 Å². The highest BCUT2D eigenvalue weighted by molar-refractivity contribution is 7.97. The number of nitrogens with two attached hydrogens (primary N) is 1. The van der Waals surface area contributed by atoms with Crippen molar-refractivity contribution < 1.29 is 0 Å². The Morgan fingerprint density at radius 1 is 1.27 bits per heavy atom. The van der Waals surface area contributed by atoms with Crippen molar-refractivity contribution in [3.63, 3.8) is 0 Å². The molecule has 3 rings (SSSR count). The minimum absolute atomic E-state index is 0.253. The summed E-state index contributed by atoms with van der Waals surface area (Å²) in [6, 6.07) is 12.3. The minimum atomic E-state index is 0.253. The van der Waals surface area contributed by atoms with Crippen molar-refractivity contribution in [1.82, 2.24) is 9.73 Å². The van der Waals surface area contributed by atoms with Gasteiger partial charge in [-0.1, -0.05) is 35.3 Å². The molecule has 3 nitrogen and oxygen atoms in total. The van der Waals surface area contributed by atoms with Crippen LogP contribution in [0.5, 0.6) is 0 Å².